The summed E-state index contributed by atoms with van der Waals surface area (Å²) in [6, 6.07) is 7.26. The summed E-state index contributed by atoms with van der Waals surface area (Å²) in [5, 5.41) is 10.8. The molecule has 4 nitrogen and oxygen atoms in total. The Morgan fingerprint density at radius 1 is 1.33 bits per heavy atom. The minimum absolute atomic E-state index is 0.188. The first kappa shape index (κ1) is 15.9. The van der Waals surface area contributed by atoms with Crippen molar-refractivity contribution in [2.75, 3.05) is 6.54 Å². The second-order valence-electron chi connectivity index (χ2n) is 4.75. The fourth-order valence-corrected chi connectivity index (χ4v) is 2.43. The fourth-order valence-electron chi connectivity index (χ4n) is 2.02. The molecule has 0 radical (unpaired) electrons. The molecule has 0 aliphatic carbocycles. The Morgan fingerprint density at radius 2 is 2.14 bits per heavy atom. The fraction of sp³-hybridized carbons (Fsp3) is 0.333. The lowest BCUT2D eigenvalue weighted by atomic mass is 10.1. The monoisotopic (exact) mass is 325 g/mol. The number of nitrogens with one attached hydrogen (secondary N) is 2. The van der Waals surface area contributed by atoms with Crippen molar-refractivity contribution in [1.82, 2.24) is 15.5 Å². The molecular formula is C15H17Cl2N3O. The maximum Gasteiger partial charge on any atom is 0.271 e. The molecule has 1 aromatic carbocycles. The maximum atomic E-state index is 12.0. The van der Waals surface area contributed by atoms with E-state index in [9.17, 15) is 4.79 Å². The number of rotatable bonds is 6. The van der Waals surface area contributed by atoms with E-state index in [1.807, 2.05) is 12.1 Å². The van der Waals surface area contributed by atoms with Crippen LogP contribution in [-0.4, -0.2) is 22.6 Å². The largest absolute Gasteiger partial charge is 0.350 e. The van der Waals surface area contributed by atoms with E-state index in [1.54, 1.807) is 12.1 Å². The Hall–Kier alpha value is -1.52. The Kier molecular flexibility index (Phi) is 5.65. The van der Waals surface area contributed by atoms with Gasteiger partial charge in [0.15, 0.2) is 0 Å². The molecule has 2 rings (SSSR count). The number of amides is 1. The number of halogens is 2. The molecule has 112 valence electrons. The molecule has 1 heterocycles. The van der Waals surface area contributed by atoms with Gasteiger partial charge in [-0.15, -0.1) is 0 Å². The number of hydrogen-bond acceptors (Lipinski definition) is 2. The lowest BCUT2D eigenvalue weighted by Crippen LogP contribution is -2.26. The maximum absolute atomic E-state index is 12.0. The highest BCUT2D eigenvalue weighted by molar-refractivity contribution is 6.42. The van der Waals surface area contributed by atoms with E-state index in [0.29, 0.717) is 28.7 Å². The highest BCUT2D eigenvalue weighted by Gasteiger charge is 2.10. The minimum Gasteiger partial charge on any atom is -0.350 e. The van der Waals surface area contributed by atoms with Gasteiger partial charge in [0, 0.05) is 12.2 Å². The third kappa shape index (κ3) is 4.22. The third-order valence-corrected chi connectivity index (χ3v) is 3.95. The summed E-state index contributed by atoms with van der Waals surface area (Å²) in [4.78, 5) is 12.0. The standard InChI is InChI=1S/C15H17Cl2N3O/c1-2-4-11-9-13(20-19-11)15(21)18-8-7-10-5-3-6-12(16)14(10)17/h3,5-6,9H,2,4,7-8H2,1H3,(H,18,21)(H,19,20). The Bertz CT molecular complexity index is 625. The molecule has 1 amide bonds. The molecule has 0 fully saturated rings. The number of aryl methyl sites for hydroxylation is 1. The van der Waals surface area contributed by atoms with Crippen molar-refractivity contribution < 1.29 is 4.79 Å². The summed E-state index contributed by atoms with van der Waals surface area (Å²) in [5.74, 6) is -0.188. The number of benzene rings is 1. The summed E-state index contributed by atoms with van der Waals surface area (Å²) in [7, 11) is 0. The van der Waals surface area contributed by atoms with Gasteiger partial charge in [-0.1, -0.05) is 48.7 Å². The van der Waals surface area contributed by atoms with Gasteiger partial charge in [0.1, 0.15) is 5.69 Å². The van der Waals surface area contributed by atoms with Gasteiger partial charge < -0.3 is 5.32 Å². The lowest BCUT2D eigenvalue weighted by molar-refractivity contribution is 0.0949. The number of aromatic nitrogens is 2. The second-order valence-corrected chi connectivity index (χ2v) is 5.53. The van der Waals surface area contributed by atoms with Crippen LogP contribution in [-0.2, 0) is 12.8 Å². The molecule has 2 N–H and O–H groups in total. The summed E-state index contributed by atoms with van der Waals surface area (Å²) in [6.07, 6.45) is 2.52. The number of carbonyl (C=O) groups is 1. The molecule has 0 bridgehead atoms. The average Bonchev–Trinajstić information content (AvgIpc) is 2.92. The Balaban J connectivity index is 1.87. The van der Waals surface area contributed by atoms with Gasteiger partial charge in [-0.25, -0.2) is 0 Å². The van der Waals surface area contributed by atoms with Crippen LogP contribution in [0.3, 0.4) is 0 Å². The summed E-state index contributed by atoms with van der Waals surface area (Å²) < 4.78 is 0. The predicted molar refractivity (Wildman–Crippen MR) is 85.1 cm³/mol. The van der Waals surface area contributed by atoms with Crippen molar-refractivity contribution in [2.24, 2.45) is 0 Å². The van der Waals surface area contributed by atoms with E-state index >= 15 is 0 Å². The number of nitrogens with zero attached hydrogens (tertiary/aromatic N) is 1. The van der Waals surface area contributed by atoms with Crippen LogP contribution in [0.25, 0.3) is 0 Å². The van der Waals surface area contributed by atoms with Crippen molar-refractivity contribution in [1.29, 1.82) is 0 Å². The lowest BCUT2D eigenvalue weighted by Gasteiger charge is -2.06. The topological polar surface area (TPSA) is 57.8 Å². The van der Waals surface area contributed by atoms with Crippen molar-refractivity contribution in [2.45, 2.75) is 26.2 Å². The average molecular weight is 326 g/mol. The van der Waals surface area contributed by atoms with Crippen LogP contribution >= 0.6 is 23.2 Å². The van der Waals surface area contributed by atoms with Crippen molar-refractivity contribution in [3.63, 3.8) is 0 Å². The van der Waals surface area contributed by atoms with Crippen LogP contribution in [0.5, 0.6) is 0 Å². The van der Waals surface area contributed by atoms with Gasteiger partial charge >= 0.3 is 0 Å². The van der Waals surface area contributed by atoms with E-state index in [2.05, 4.69) is 22.4 Å². The van der Waals surface area contributed by atoms with E-state index in [1.165, 1.54) is 0 Å². The molecule has 6 heteroatoms. The highest BCUT2D eigenvalue weighted by Crippen LogP contribution is 2.25. The van der Waals surface area contributed by atoms with Crippen LogP contribution in [0.2, 0.25) is 10.0 Å². The van der Waals surface area contributed by atoms with E-state index in [0.717, 1.165) is 24.1 Å². The number of H-pyrrole nitrogens is 1. The molecule has 2 aromatic rings. The Labute approximate surface area is 133 Å². The SMILES string of the molecule is CCCc1cc(C(=O)NCCc2cccc(Cl)c2Cl)n[nH]1. The summed E-state index contributed by atoms with van der Waals surface area (Å²) in [6.45, 7) is 2.56. The number of carbonyl (C=O) groups excluding carboxylic acids is 1. The second kappa shape index (κ2) is 7.48. The zero-order valence-corrected chi connectivity index (χ0v) is 13.3. The normalized spacial score (nSPS) is 10.6. The Morgan fingerprint density at radius 3 is 2.90 bits per heavy atom. The molecule has 0 unspecified atom stereocenters. The molecule has 0 spiro atoms. The van der Waals surface area contributed by atoms with Gasteiger partial charge in [-0.05, 0) is 30.5 Å². The quantitative estimate of drug-likeness (QED) is 0.851. The van der Waals surface area contributed by atoms with Crippen LogP contribution in [0.4, 0.5) is 0 Å². The molecule has 1 aromatic heterocycles. The number of aromatic amines is 1. The molecular weight excluding hydrogens is 309 g/mol. The summed E-state index contributed by atoms with van der Waals surface area (Å²) in [5.41, 5.74) is 2.30. The van der Waals surface area contributed by atoms with Gasteiger partial charge in [-0.2, -0.15) is 5.10 Å². The van der Waals surface area contributed by atoms with Crippen molar-refractivity contribution in [3.05, 3.63) is 51.3 Å². The highest BCUT2D eigenvalue weighted by atomic mass is 35.5. The van der Waals surface area contributed by atoms with Crippen molar-refractivity contribution in [3.8, 4) is 0 Å². The van der Waals surface area contributed by atoms with E-state index in [-0.39, 0.29) is 5.91 Å². The van der Waals surface area contributed by atoms with E-state index in [4.69, 9.17) is 23.2 Å². The third-order valence-electron chi connectivity index (χ3n) is 3.09. The van der Waals surface area contributed by atoms with Crippen LogP contribution < -0.4 is 5.32 Å². The smallest absolute Gasteiger partial charge is 0.271 e. The van der Waals surface area contributed by atoms with Crippen molar-refractivity contribution >= 4 is 29.1 Å². The summed E-state index contributed by atoms with van der Waals surface area (Å²) >= 11 is 12.1. The molecule has 0 aliphatic heterocycles. The van der Waals surface area contributed by atoms with Gasteiger partial charge in [0.2, 0.25) is 0 Å². The predicted octanol–water partition coefficient (Wildman–Crippen LogP) is 3.64. The molecule has 0 saturated heterocycles. The van der Waals surface area contributed by atoms with Gasteiger partial charge in [0.05, 0.1) is 10.0 Å². The first-order valence-corrected chi connectivity index (χ1v) is 7.62. The first-order valence-electron chi connectivity index (χ1n) is 6.87. The molecule has 0 atom stereocenters. The van der Waals surface area contributed by atoms with E-state index < -0.39 is 0 Å². The van der Waals surface area contributed by atoms with Gasteiger partial charge in [0.25, 0.3) is 5.91 Å². The molecule has 0 aliphatic rings. The zero-order chi connectivity index (χ0) is 15.2. The molecule has 0 saturated carbocycles. The minimum atomic E-state index is -0.188. The first-order chi connectivity index (χ1) is 10.1. The van der Waals surface area contributed by atoms with Gasteiger partial charge in [-0.3, -0.25) is 9.89 Å². The van der Waals surface area contributed by atoms with Crippen LogP contribution in [0.1, 0.15) is 35.1 Å². The van der Waals surface area contributed by atoms with Crippen LogP contribution in [0, 0.1) is 0 Å². The van der Waals surface area contributed by atoms with Crippen LogP contribution in [0.15, 0.2) is 24.3 Å². The zero-order valence-electron chi connectivity index (χ0n) is 11.7. The molecule has 21 heavy (non-hydrogen) atoms. The number of hydrogen-bond donors (Lipinski definition) is 2.